The topological polar surface area (TPSA) is 57.0 Å². The van der Waals surface area contributed by atoms with Gasteiger partial charge in [-0.15, -0.1) is 0 Å². The van der Waals surface area contributed by atoms with E-state index in [9.17, 15) is 0 Å². The second-order valence-electron chi connectivity index (χ2n) is 5.73. The second kappa shape index (κ2) is 7.64. The van der Waals surface area contributed by atoms with Gasteiger partial charge in [-0.2, -0.15) is 0 Å². The predicted molar refractivity (Wildman–Crippen MR) is 83.1 cm³/mol. The first-order chi connectivity index (χ1) is 10.1. The summed E-state index contributed by atoms with van der Waals surface area (Å²) >= 11 is 0. The SMILES string of the molecule is COc1ccc(CC(C)N)cc1OCC1CN(C)CCO1. The van der Waals surface area contributed by atoms with Crippen LogP contribution in [0.3, 0.4) is 0 Å². The molecule has 0 aliphatic carbocycles. The van der Waals surface area contributed by atoms with Gasteiger partial charge in [-0.05, 0) is 38.1 Å². The van der Waals surface area contributed by atoms with E-state index in [2.05, 4.69) is 11.9 Å². The number of ether oxygens (including phenoxy) is 3. The predicted octanol–water partition coefficient (Wildman–Crippen LogP) is 1.29. The lowest BCUT2D eigenvalue weighted by molar-refractivity contribution is -0.0406. The molecule has 2 N–H and O–H groups in total. The minimum atomic E-state index is 0.102. The van der Waals surface area contributed by atoms with E-state index in [-0.39, 0.29) is 12.1 Å². The maximum Gasteiger partial charge on any atom is 0.161 e. The van der Waals surface area contributed by atoms with Crippen LogP contribution in [0.1, 0.15) is 12.5 Å². The molecule has 2 unspecified atom stereocenters. The fourth-order valence-electron chi connectivity index (χ4n) is 2.48. The number of benzene rings is 1. The lowest BCUT2D eigenvalue weighted by atomic mass is 10.1. The number of rotatable bonds is 6. The summed E-state index contributed by atoms with van der Waals surface area (Å²) in [5, 5.41) is 0. The Morgan fingerprint density at radius 1 is 1.43 bits per heavy atom. The van der Waals surface area contributed by atoms with Gasteiger partial charge in [-0.1, -0.05) is 6.07 Å². The Morgan fingerprint density at radius 3 is 2.90 bits per heavy atom. The molecule has 1 aliphatic rings. The number of hydrogen-bond acceptors (Lipinski definition) is 5. The van der Waals surface area contributed by atoms with E-state index in [0.717, 1.165) is 43.2 Å². The first kappa shape index (κ1) is 16.1. The van der Waals surface area contributed by atoms with Crippen molar-refractivity contribution in [1.82, 2.24) is 4.90 Å². The van der Waals surface area contributed by atoms with Gasteiger partial charge in [0, 0.05) is 19.1 Å². The Labute approximate surface area is 127 Å². The van der Waals surface area contributed by atoms with Crippen LogP contribution < -0.4 is 15.2 Å². The molecule has 1 aromatic rings. The normalized spacial score (nSPS) is 21.0. The Balaban J connectivity index is 1.99. The quantitative estimate of drug-likeness (QED) is 0.857. The van der Waals surface area contributed by atoms with Crippen molar-refractivity contribution in [3.05, 3.63) is 23.8 Å². The molecule has 1 saturated heterocycles. The van der Waals surface area contributed by atoms with Crippen LogP contribution in [0.5, 0.6) is 11.5 Å². The van der Waals surface area contributed by atoms with Gasteiger partial charge in [-0.25, -0.2) is 0 Å². The number of nitrogens with two attached hydrogens (primary N) is 1. The number of morpholine rings is 1. The Bertz CT molecular complexity index is 451. The van der Waals surface area contributed by atoms with Crippen LogP contribution in [0.4, 0.5) is 0 Å². The molecule has 5 heteroatoms. The third-order valence-corrected chi connectivity index (χ3v) is 3.55. The maximum absolute atomic E-state index is 5.92. The van der Waals surface area contributed by atoms with Crippen LogP contribution in [0.25, 0.3) is 0 Å². The summed E-state index contributed by atoms with van der Waals surface area (Å²) in [6.07, 6.45) is 0.925. The summed E-state index contributed by atoms with van der Waals surface area (Å²) < 4.78 is 17.0. The molecule has 118 valence electrons. The molecule has 1 heterocycles. The molecule has 2 rings (SSSR count). The molecule has 1 fully saturated rings. The highest BCUT2D eigenvalue weighted by Crippen LogP contribution is 2.28. The van der Waals surface area contributed by atoms with Gasteiger partial charge in [0.1, 0.15) is 12.7 Å². The van der Waals surface area contributed by atoms with Crippen molar-refractivity contribution in [2.24, 2.45) is 5.73 Å². The van der Waals surface area contributed by atoms with Gasteiger partial charge >= 0.3 is 0 Å². The summed E-state index contributed by atoms with van der Waals surface area (Å²) in [5.74, 6) is 1.50. The number of methoxy groups -OCH3 is 1. The largest absolute Gasteiger partial charge is 0.493 e. The van der Waals surface area contributed by atoms with Crippen LogP contribution in [0.2, 0.25) is 0 Å². The zero-order chi connectivity index (χ0) is 15.2. The van der Waals surface area contributed by atoms with Crippen molar-refractivity contribution < 1.29 is 14.2 Å². The van der Waals surface area contributed by atoms with Crippen molar-refractivity contribution in [3.63, 3.8) is 0 Å². The van der Waals surface area contributed by atoms with Crippen LogP contribution >= 0.6 is 0 Å². The van der Waals surface area contributed by atoms with Crippen molar-refractivity contribution in [2.45, 2.75) is 25.5 Å². The molecule has 1 aromatic carbocycles. The van der Waals surface area contributed by atoms with Crippen LogP contribution in [0, 0.1) is 0 Å². The van der Waals surface area contributed by atoms with Crippen molar-refractivity contribution in [1.29, 1.82) is 0 Å². The third kappa shape index (κ3) is 4.88. The number of hydrogen-bond donors (Lipinski definition) is 1. The van der Waals surface area contributed by atoms with Gasteiger partial charge in [0.2, 0.25) is 0 Å². The van der Waals surface area contributed by atoms with Crippen LogP contribution in [-0.2, 0) is 11.2 Å². The lowest BCUT2D eigenvalue weighted by Gasteiger charge is -2.30. The molecular weight excluding hydrogens is 268 g/mol. The average Bonchev–Trinajstić information content (AvgIpc) is 2.45. The van der Waals surface area contributed by atoms with E-state index in [0.29, 0.717) is 6.61 Å². The molecule has 0 amide bonds. The van der Waals surface area contributed by atoms with E-state index in [1.165, 1.54) is 0 Å². The summed E-state index contributed by atoms with van der Waals surface area (Å²) in [7, 11) is 3.75. The van der Waals surface area contributed by atoms with Crippen molar-refractivity contribution in [3.8, 4) is 11.5 Å². The molecule has 21 heavy (non-hydrogen) atoms. The first-order valence-electron chi connectivity index (χ1n) is 7.44. The molecule has 0 spiro atoms. The molecular formula is C16H26N2O3. The standard InChI is InChI=1S/C16H26N2O3/c1-12(17)8-13-4-5-15(19-3)16(9-13)21-11-14-10-18(2)6-7-20-14/h4-5,9,12,14H,6-8,10-11,17H2,1-3H3. The zero-order valence-corrected chi connectivity index (χ0v) is 13.2. The van der Waals surface area contributed by atoms with Gasteiger partial charge in [0.05, 0.1) is 13.7 Å². The van der Waals surface area contributed by atoms with Gasteiger partial charge in [0.15, 0.2) is 11.5 Å². The molecule has 0 radical (unpaired) electrons. The van der Waals surface area contributed by atoms with E-state index in [1.807, 2.05) is 25.1 Å². The average molecular weight is 294 g/mol. The van der Waals surface area contributed by atoms with Gasteiger partial charge < -0.3 is 24.8 Å². The zero-order valence-electron chi connectivity index (χ0n) is 13.2. The highest BCUT2D eigenvalue weighted by molar-refractivity contribution is 5.43. The van der Waals surface area contributed by atoms with E-state index >= 15 is 0 Å². The number of likely N-dealkylation sites (N-methyl/N-ethyl adjacent to an activating group) is 1. The van der Waals surface area contributed by atoms with E-state index in [1.54, 1.807) is 7.11 Å². The summed E-state index contributed by atoms with van der Waals surface area (Å²) in [4.78, 5) is 2.25. The van der Waals surface area contributed by atoms with Gasteiger partial charge in [-0.3, -0.25) is 0 Å². The van der Waals surface area contributed by atoms with Gasteiger partial charge in [0.25, 0.3) is 0 Å². The molecule has 5 nitrogen and oxygen atoms in total. The van der Waals surface area contributed by atoms with Crippen molar-refractivity contribution >= 4 is 0 Å². The van der Waals surface area contributed by atoms with E-state index < -0.39 is 0 Å². The third-order valence-electron chi connectivity index (χ3n) is 3.55. The lowest BCUT2D eigenvalue weighted by Crippen LogP contribution is -2.42. The number of nitrogens with zero attached hydrogens (tertiary/aromatic N) is 1. The monoisotopic (exact) mass is 294 g/mol. The van der Waals surface area contributed by atoms with Crippen LogP contribution in [-0.4, -0.2) is 57.5 Å². The summed E-state index contributed by atoms with van der Waals surface area (Å²) in [5.41, 5.74) is 7.01. The summed E-state index contributed by atoms with van der Waals surface area (Å²) in [6.45, 7) is 5.15. The van der Waals surface area contributed by atoms with Crippen molar-refractivity contribution in [2.75, 3.05) is 40.5 Å². The molecule has 2 atom stereocenters. The minimum Gasteiger partial charge on any atom is -0.493 e. The molecule has 0 aromatic heterocycles. The fraction of sp³-hybridized carbons (Fsp3) is 0.625. The Morgan fingerprint density at radius 2 is 2.24 bits per heavy atom. The molecule has 1 aliphatic heterocycles. The fourth-order valence-corrected chi connectivity index (χ4v) is 2.48. The Kier molecular flexibility index (Phi) is 5.85. The summed E-state index contributed by atoms with van der Waals surface area (Å²) in [6, 6.07) is 6.09. The smallest absolute Gasteiger partial charge is 0.161 e. The maximum atomic E-state index is 5.92. The first-order valence-corrected chi connectivity index (χ1v) is 7.44. The molecule has 0 saturated carbocycles. The molecule has 0 bridgehead atoms. The van der Waals surface area contributed by atoms with E-state index in [4.69, 9.17) is 19.9 Å². The highest BCUT2D eigenvalue weighted by atomic mass is 16.5. The van der Waals surface area contributed by atoms with Crippen LogP contribution in [0.15, 0.2) is 18.2 Å². The minimum absolute atomic E-state index is 0.102. The Hall–Kier alpha value is -1.30. The second-order valence-corrected chi connectivity index (χ2v) is 5.73. The highest BCUT2D eigenvalue weighted by Gasteiger charge is 2.19.